The Balaban J connectivity index is 1.84. The van der Waals surface area contributed by atoms with Gasteiger partial charge >= 0.3 is 0 Å². The molecule has 0 aliphatic heterocycles. The van der Waals surface area contributed by atoms with E-state index < -0.39 is 0 Å². The van der Waals surface area contributed by atoms with Crippen LogP contribution in [0.15, 0.2) is 35.2 Å². The van der Waals surface area contributed by atoms with Crippen molar-refractivity contribution in [1.82, 2.24) is 4.90 Å². The standard InChI is InChI=1S/C15H21NO2S/c17-11-5-10-16(13-6-4-7-13)15(18)12-19-14-8-2-1-3-9-14/h1-3,8-9,13,17H,4-7,10-12H2. The van der Waals surface area contributed by atoms with Crippen LogP contribution in [0.4, 0.5) is 0 Å². The molecule has 1 aliphatic rings. The summed E-state index contributed by atoms with van der Waals surface area (Å²) in [4.78, 5) is 15.4. The molecule has 0 bridgehead atoms. The topological polar surface area (TPSA) is 40.5 Å². The fraction of sp³-hybridized carbons (Fsp3) is 0.533. The molecule has 4 heteroatoms. The highest BCUT2D eigenvalue weighted by Gasteiger charge is 2.27. The molecule has 0 atom stereocenters. The molecule has 0 spiro atoms. The van der Waals surface area contributed by atoms with Crippen LogP contribution in [0, 0.1) is 0 Å². The van der Waals surface area contributed by atoms with Gasteiger partial charge in [-0.1, -0.05) is 18.2 Å². The highest BCUT2D eigenvalue weighted by molar-refractivity contribution is 8.00. The quantitative estimate of drug-likeness (QED) is 0.780. The van der Waals surface area contributed by atoms with Crippen molar-refractivity contribution in [3.8, 4) is 0 Å². The van der Waals surface area contributed by atoms with Gasteiger partial charge in [0.15, 0.2) is 0 Å². The molecule has 0 aromatic heterocycles. The Labute approximate surface area is 119 Å². The van der Waals surface area contributed by atoms with Crippen molar-refractivity contribution in [2.24, 2.45) is 0 Å². The number of benzene rings is 1. The van der Waals surface area contributed by atoms with Gasteiger partial charge < -0.3 is 10.0 Å². The fourth-order valence-electron chi connectivity index (χ4n) is 2.20. The Morgan fingerprint density at radius 3 is 2.63 bits per heavy atom. The molecule has 3 nitrogen and oxygen atoms in total. The molecule has 0 unspecified atom stereocenters. The number of hydrogen-bond acceptors (Lipinski definition) is 3. The molecule has 19 heavy (non-hydrogen) atoms. The van der Waals surface area contributed by atoms with Gasteiger partial charge in [-0.05, 0) is 37.8 Å². The Morgan fingerprint density at radius 2 is 2.05 bits per heavy atom. The summed E-state index contributed by atoms with van der Waals surface area (Å²) in [6.45, 7) is 0.845. The van der Waals surface area contributed by atoms with Crippen molar-refractivity contribution < 1.29 is 9.90 Å². The van der Waals surface area contributed by atoms with E-state index in [1.165, 1.54) is 6.42 Å². The van der Waals surface area contributed by atoms with E-state index in [9.17, 15) is 4.79 Å². The van der Waals surface area contributed by atoms with Crippen LogP contribution in [0.2, 0.25) is 0 Å². The summed E-state index contributed by atoms with van der Waals surface area (Å²) in [5.74, 6) is 0.693. The number of carbonyl (C=O) groups is 1. The van der Waals surface area contributed by atoms with Gasteiger partial charge in [0, 0.05) is 24.1 Å². The van der Waals surface area contributed by atoms with Crippen molar-refractivity contribution in [2.75, 3.05) is 18.9 Å². The first-order chi connectivity index (χ1) is 9.31. The number of nitrogens with zero attached hydrogens (tertiary/aromatic N) is 1. The van der Waals surface area contributed by atoms with Crippen molar-refractivity contribution in [3.63, 3.8) is 0 Å². The number of hydrogen-bond donors (Lipinski definition) is 1. The van der Waals surface area contributed by atoms with E-state index in [4.69, 9.17) is 5.11 Å². The first kappa shape index (κ1) is 14.4. The third kappa shape index (κ3) is 4.25. The zero-order valence-corrected chi connectivity index (χ0v) is 11.9. The molecule has 1 aliphatic carbocycles. The van der Waals surface area contributed by atoms with E-state index >= 15 is 0 Å². The number of thioether (sulfide) groups is 1. The molecule has 2 rings (SSSR count). The summed E-state index contributed by atoms with van der Waals surface area (Å²) in [6, 6.07) is 10.4. The molecule has 1 saturated carbocycles. The summed E-state index contributed by atoms with van der Waals surface area (Å²) < 4.78 is 0. The van der Waals surface area contributed by atoms with Gasteiger partial charge in [0.1, 0.15) is 0 Å². The largest absolute Gasteiger partial charge is 0.396 e. The lowest BCUT2D eigenvalue weighted by atomic mass is 9.91. The highest BCUT2D eigenvalue weighted by atomic mass is 32.2. The fourth-order valence-corrected chi connectivity index (χ4v) is 3.00. The van der Waals surface area contributed by atoms with Gasteiger partial charge in [-0.15, -0.1) is 11.8 Å². The SMILES string of the molecule is O=C(CSc1ccccc1)N(CCCO)C1CCC1. The maximum absolute atomic E-state index is 12.3. The van der Waals surface area contributed by atoms with Crippen molar-refractivity contribution in [1.29, 1.82) is 0 Å². The summed E-state index contributed by atoms with van der Waals surface area (Å²) in [5.41, 5.74) is 0. The zero-order chi connectivity index (χ0) is 13.5. The average Bonchev–Trinajstić information content (AvgIpc) is 2.39. The predicted molar refractivity (Wildman–Crippen MR) is 78.2 cm³/mol. The molecule has 104 valence electrons. The van der Waals surface area contributed by atoms with Gasteiger partial charge in [0.05, 0.1) is 5.75 Å². The number of amides is 1. The molecule has 0 saturated heterocycles. The van der Waals surface area contributed by atoms with Crippen LogP contribution >= 0.6 is 11.8 Å². The van der Waals surface area contributed by atoms with Crippen LogP contribution < -0.4 is 0 Å². The molecule has 0 heterocycles. The van der Waals surface area contributed by atoms with Crippen LogP contribution in [0.3, 0.4) is 0 Å². The molecule has 1 aromatic rings. The minimum absolute atomic E-state index is 0.155. The maximum Gasteiger partial charge on any atom is 0.233 e. The van der Waals surface area contributed by atoms with Gasteiger partial charge in [-0.25, -0.2) is 0 Å². The van der Waals surface area contributed by atoms with E-state index in [1.807, 2.05) is 35.2 Å². The molecule has 1 fully saturated rings. The summed E-state index contributed by atoms with van der Waals surface area (Å²) in [5, 5.41) is 8.93. The number of aliphatic hydroxyl groups is 1. The summed E-state index contributed by atoms with van der Waals surface area (Å²) in [6.07, 6.45) is 4.14. The Hall–Kier alpha value is -1.00. The predicted octanol–water partition coefficient (Wildman–Crippen LogP) is 2.54. The number of aliphatic hydroxyl groups excluding tert-OH is 1. The molecule has 1 aromatic carbocycles. The van der Waals surface area contributed by atoms with Crippen LogP contribution in [0.1, 0.15) is 25.7 Å². The first-order valence-electron chi connectivity index (χ1n) is 6.89. The molecule has 1 N–H and O–H groups in total. The summed E-state index contributed by atoms with van der Waals surface area (Å²) >= 11 is 1.59. The number of rotatable bonds is 7. The summed E-state index contributed by atoms with van der Waals surface area (Å²) in [7, 11) is 0. The lowest BCUT2D eigenvalue weighted by Gasteiger charge is -2.37. The van der Waals surface area contributed by atoms with Gasteiger partial charge in [-0.2, -0.15) is 0 Å². The minimum atomic E-state index is 0.155. The second-order valence-corrected chi connectivity index (χ2v) is 5.90. The molecule has 0 radical (unpaired) electrons. The molecular formula is C15H21NO2S. The van der Waals surface area contributed by atoms with E-state index in [2.05, 4.69) is 0 Å². The second-order valence-electron chi connectivity index (χ2n) is 4.85. The second kappa shape index (κ2) is 7.56. The van der Waals surface area contributed by atoms with E-state index in [-0.39, 0.29) is 12.5 Å². The van der Waals surface area contributed by atoms with E-state index in [0.29, 0.717) is 24.8 Å². The Kier molecular flexibility index (Phi) is 5.73. The zero-order valence-electron chi connectivity index (χ0n) is 11.1. The van der Waals surface area contributed by atoms with Crippen molar-refractivity contribution >= 4 is 17.7 Å². The average molecular weight is 279 g/mol. The lowest BCUT2D eigenvalue weighted by Crippen LogP contribution is -2.45. The van der Waals surface area contributed by atoms with Gasteiger partial charge in [0.2, 0.25) is 5.91 Å². The van der Waals surface area contributed by atoms with E-state index in [1.54, 1.807) is 11.8 Å². The first-order valence-corrected chi connectivity index (χ1v) is 7.88. The third-order valence-electron chi connectivity index (χ3n) is 3.50. The molecular weight excluding hydrogens is 258 g/mol. The van der Waals surface area contributed by atoms with Gasteiger partial charge in [-0.3, -0.25) is 4.79 Å². The highest BCUT2D eigenvalue weighted by Crippen LogP contribution is 2.26. The van der Waals surface area contributed by atoms with Crippen LogP contribution in [-0.2, 0) is 4.79 Å². The van der Waals surface area contributed by atoms with Crippen LogP contribution in [0.5, 0.6) is 0 Å². The normalized spacial score (nSPS) is 15.0. The van der Waals surface area contributed by atoms with Gasteiger partial charge in [0.25, 0.3) is 0 Å². The number of carbonyl (C=O) groups excluding carboxylic acids is 1. The monoisotopic (exact) mass is 279 g/mol. The van der Waals surface area contributed by atoms with Crippen LogP contribution in [0.25, 0.3) is 0 Å². The van der Waals surface area contributed by atoms with Crippen molar-refractivity contribution in [2.45, 2.75) is 36.6 Å². The maximum atomic E-state index is 12.3. The van der Waals surface area contributed by atoms with Crippen LogP contribution in [-0.4, -0.2) is 40.9 Å². The molecule has 1 amide bonds. The minimum Gasteiger partial charge on any atom is -0.396 e. The smallest absolute Gasteiger partial charge is 0.233 e. The Bertz CT molecular complexity index is 392. The van der Waals surface area contributed by atoms with E-state index in [0.717, 1.165) is 17.7 Å². The third-order valence-corrected chi connectivity index (χ3v) is 4.50. The lowest BCUT2D eigenvalue weighted by molar-refractivity contribution is -0.132. The van der Waals surface area contributed by atoms with Crippen molar-refractivity contribution in [3.05, 3.63) is 30.3 Å². The Morgan fingerprint density at radius 1 is 1.32 bits per heavy atom.